The second-order valence-electron chi connectivity index (χ2n) is 3.71. The fourth-order valence-corrected chi connectivity index (χ4v) is 1.88. The summed E-state index contributed by atoms with van der Waals surface area (Å²) in [5.41, 5.74) is 1.60. The lowest BCUT2D eigenvalue weighted by molar-refractivity contribution is -0.110. The maximum Gasteiger partial charge on any atom is 0.275 e. The molecule has 1 amide bonds. The number of carbonyl (C=O) groups is 2. The van der Waals surface area contributed by atoms with Gasteiger partial charge in [0.1, 0.15) is 5.51 Å². The molecule has 0 aliphatic rings. The van der Waals surface area contributed by atoms with Crippen molar-refractivity contribution in [3.05, 3.63) is 41.4 Å². The molecule has 1 aromatic heterocycles. The zero-order valence-electron chi connectivity index (χ0n) is 10.2. The molecule has 2 rings (SSSR count). The van der Waals surface area contributed by atoms with Crippen molar-refractivity contribution in [2.75, 3.05) is 5.32 Å². The minimum atomic E-state index is -0.687. The number of carbonyl (C=O) groups excluding carboxylic acids is 2. The highest BCUT2D eigenvalue weighted by Crippen LogP contribution is 2.09. The Morgan fingerprint density at radius 3 is 2.65 bits per heavy atom. The monoisotopic (exact) mass is 290 g/mol. The normalized spacial score (nSPS) is 11.1. The van der Waals surface area contributed by atoms with E-state index in [-0.39, 0.29) is 23.0 Å². The van der Waals surface area contributed by atoms with Crippen LogP contribution in [0.4, 0.5) is 5.13 Å². The SMILES string of the molecule is O=C(Nc1nncs1)C(CC(=O)c1ccccc1)=NO. The van der Waals surface area contributed by atoms with Crippen molar-refractivity contribution in [3.8, 4) is 0 Å². The van der Waals surface area contributed by atoms with Crippen LogP contribution in [0, 0.1) is 0 Å². The van der Waals surface area contributed by atoms with E-state index in [4.69, 9.17) is 5.21 Å². The first kappa shape index (κ1) is 13.8. The molecule has 8 heteroatoms. The average Bonchev–Trinajstić information content (AvgIpc) is 2.98. The molecule has 2 aromatic rings. The lowest BCUT2D eigenvalue weighted by Crippen LogP contribution is -2.25. The molecular weight excluding hydrogens is 280 g/mol. The molecule has 7 nitrogen and oxygen atoms in total. The van der Waals surface area contributed by atoms with Gasteiger partial charge in [-0.1, -0.05) is 46.8 Å². The molecule has 0 bridgehead atoms. The predicted molar refractivity (Wildman–Crippen MR) is 73.1 cm³/mol. The third-order valence-electron chi connectivity index (χ3n) is 2.39. The number of benzene rings is 1. The highest BCUT2D eigenvalue weighted by atomic mass is 32.1. The molecule has 2 N–H and O–H groups in total. The molecule has 0 radical (unpaired) electrons. The van der Waals surface area contributed by atoms with Crippen LogP contribution in [-0.2, 0) is 4.79 Å². The fourth-order valence-electron chi connectivity index (χ4n) is 1.44. The number of ketones is 1. The van der Waals surface area contributed by atoms with Crippen LogP contribution in [0.5, 0.6) is 0 Å². The van der Waals surface area contributed by atoms with E-state index in [0.717, 1.165) is 11.3 Å². The summed E-state index contributed by atoms with van der Waals surface area (Å²) in [6.07, 6.45) is -0.300. The Hall–Kier alpha value is -2.61. The maximum absolute atomic E-state index is 11.9. The third kappa shape index (κ3) is 3.45. The number of anilines is 1. The Bertz CT molecular complexity index is 625. The first-order valence-electron chi connectivity index (χ1n) is 5.57. The molecule has 0 saturated carbocycles. The molecule has 20 heavy (non-hydrogen) atoms. The smallest absolute Gasteiger partial charge is 0.275 e. The van der Waals surface area contributed by atoms with E-state index in [1.807, 2.05) is 0 Å². The van der Waals surface area contributed by atoms with E-state index in [9.17, 15) is 9.59 Å². The molecule has 1 aromatic carbocycles. The average molecular weight is 290 g/mol. The van der Waals surface area contributed by atoms with Crippen LogP contribution in [0.25, 0.3) is 0 Å². The van der Waals surface area contributed by atoms with Gasteiger partial charge in [0.25, 0.3) is 5.91 Å². The van der Waals surface area contributed by atoms with Crippen molar-refractivity contribution < 1.29 is 14.8 Å². The number of hydrogen-bond acceptors (Lipinski definition) is 7. The van der Waals surface area contributed by atoms with E-state index < -0.39 is 5.91 Å². The Morgan fingerprint density at radius 2 is 2.05 bits per heavy atom. The third-order valence-corrected chi connectivity index (χ3v) is 2.99. The second-order valence-corrected chi connectivity index (χ2v) is 4.54. The highest BCUT2D eigenvalue weighted by molar-refractivity contribution is 7.13. The summed E-state index contributed by atoms with van der Waals surface area (Å²) in [4.78, 5) is 23.7. The van der Waals surface area contributed by atoms with E-state index >= 15 is 0 Å². The van der Waals surface area contributed by atoms with Gasteiger partial charge in [0.2, 0.25) is 5.13 Å². The van der Waals surface area contributed by atoms with E-state index in [1.165, 1.54) is 5.51 Å². The predicted octanol–water partition coefficient (Wildman–Crippen LogP) is 1.58. The lowest BCUT2D eigenvalue weighted by atomic mass is 10.1. The molecule has 0 unspecified atom stereocenters. The topological polar surface area (TPSA) is 105 Å². The van der Waals surface area contributed by atoms with Gasteiger partial charge in [0, 0.05) is 5.56 Å². The Kier molecular flexibility index (Phi) is 4.51. The second kappa shape index (κ2) is 6.53. The largest absolute Gasteiger partial charge is 0.410 e. The van der Waals surface area contributed by atoms with Crippen molar-refractivity contribution in [1.82, 2.24) is 10.2 Å². The van der Waals surface area contributed by atoms with E-state index in [1.54, 1.807) is 30.3 Å². The Labute approximate surface area is 118 Å². The number of oxime groups is 1. The molecule has 0 aliphatic carbocycles. The Morgan fingerprint density at radius 1 is 1.30 bits per heavy atom. The first-order valence-corrected chi connectivity index (χ1v) is 6.45. The van der Waals surface area contributed by atoms with Crippen molar-refractivity contribution in [2.45, 2.75) is 6.42 Å². The quantitative estimate of drug-likeness (QED) is 0.376. The molecule has 0 saturated heterocycles. The van der Waals surface area contributed by atoms with Gasteiger partial charge in [-0.3, -0.25) is 14.9 Å². The van der Waals surface area contributed by atoms with Crippen LogP contribution >= 0.6 is 11.3 Å². The van der Waals surface area contributed by atoms with Crippen LogP contribution in [0.2, 0.25) is 0 Å². The van der Waals surface area contributed by atoms with Crippen LogP contribution in [0.3, 0.4) is 0 Å². The molecule has 0 fully saturated rings. The van der Waals surface area contributed by atoms with Crippen LogP contribution in [0.15, 0.2) is 41.0 Å². The Balaban J connectivity index is 2.02. The van der Waals surface area contributed by atoms with Crippen molar-refractivity contribution in [3.63, 3.8) is 0 Å². The van der Waals surface area contributed by atoms with Gasteiger partial charge in [0.15, 0.2) is 11.5 Å². The summed E-state index contributed by atoms with van der Waals surface area (Å²) in [6.45, 7) is 0. The summed E-state index contributed by atoms with van der Waals surface area (Å²) < 4.78 is 0. The van der Waals surface area contributed by atoms with Crippen molar-refractivity contribution in [2.24, 2.45) is 5.16 Å². The number of rotatable bonds is 5. The molecule has 1 heterocycles. The van der Waals surface area contributed by atoms with Crippen LogP contribution in [-0.4, -0.2) is 32.8 Å². The zero-order chi connectivity index (χ0) is 14.4. The van der Waals surface area contributed by atoms with Gasteiger partial charge in [-0.2, -0.15) is 0 Å². The summed E-state index contributed by atoms with van der Waals surface area (Å²) in [5, 5.41) is 21.6. The minimum Gasteiger partial charge on any atom is -0.410 e. The van der Waals surface area contributed by atoms with Crippen LogP contribution in [0.1, 0.15) is 16.8 Å². The summed E-state index contributed by atoms with van der Waals surface area (Å²) in [7, 11) is 0. The minimum absolute atomic E-state index is 0.267. The molecular formula is C12H10N4O3S. The molecule has 0 spiro atoms. The van der Waals surface area contributed by atoms with Gasteiger partial charge in [0.05, 0.1) is 6.42 Å². The van der Waals surface area contributed by atoms with Gasteiger partial charge < -0.3 is 5.21 Å². The van der Waals surface area contributed by atoms with E-state index in [0.29, 0.717) is 5.56 Å². The lowest BCUT2D eigenvalue weighted by Gasteiger charge is -2.03. The first-order chi connectivity index (χ1) is 9.70. The summed E-state index contributed by atoms with van der Waals surface area (Å²) >= 11 is 1.12. The summed E-state index contributed by atoms with van der Waals surface area (Å²) in [6, 6.07) is 8.45. The standard InChI is InChI=1S/C12H10N4O3S/c17-10(8-4-2-1-3-5-8)6-9(16-19)11(18)14-12-15-13-7-20-12/h1-5,7,19H,6H2,(H,14,15,18). The number of amides is 1. The number of nitrogens with one attached hydrogen (secondary N) is 1. The van der Waals surface area contributed by atoms with Gasteiger partial charge in [-0.15, -0.1) is 10.2 Å². The van der Waals surface area contributed by atoms with Gasteiger partial charge >= 0.3 is 0 Å². The van der Waals surface area contributed by atoms with Crippen LogP contribution < -0.4 is 5.32 Å². The maximum atomic E-state index is 11.9. The fraction of sp³-hybridized carbons (Fsp3) is 0.0833. The highest BCUT2D eigenvalue weighted by Gasteiger charge is 2.18. The van der Waals surface area contributed by atoms with Gasteiger partial charge in [-0.25, -0.2) is 0 Å². The number of nitrogens with zero attached hydrogens (tertiary/aromatic N) is 3. The molecule has 0 aliphatic heterocycles. The number of Topliss-reactive ketones (excluding diaryl/α,β-unsaturated/α-hetero) is 1. The van der Waals surface area contributed by atoms with Crippen molar-refractivity contribution >= 4 is 33.9 Å². The van der Waals surface area contributed by atoms with Gasteiger partial charge in [-0.05, 0) is 0 Å². The molecule has 0 atom stereocenters. The zero-order valence-corrected chi connectivity index (χ0v) is 11.0. The summed E-state index contributed by atoms with van der Waals surface area (Å²) in [5.74, 6) is -1.00. The number of aromatic nitrogens is 2. The number of hydrogen-bond donors (Lipinski definition) is 2. The van der Waals surface area contributed by atoms with E-state index in [2.05, 4.69) is 20.7 Å². The van der Waals surface area contributed by atoms with Crippen molar-refractivity contribution in [1.29, 1.82) is 0 Å². The molecule has 102 valence electrons.